The van der Waals surface area contributed by atoms with Crippen molar-refractivity contribution in [1.29, 1.82) is 0 Å². The zero-order valence-corrected chi connectivity index (χ0v) is 14.0. The van der Waals surface area contributed by atoms with E-state index in [1.807, 2.05) is 66.9 Å². The topological polar surface area (TPSA) is 59.9 Å². The van der Waals surface area contributed by atoms with Crippen molar-refractivity contribution in [1.82, 2.24) is 14.8 Å². The lowest BCUT2D eigenvalue weighted by atomic mass is 10.1. The van der Waals surface area contributed by atoms with E-state index in [1.54, 1.807) is 23.0 Å². The van der Waals surface area contributed by atoms with E-state index >= 15 is 0 Å². The smallest absolute Gasteiger partial charge is 0.355 e. The summed E-state index contributed by atoms with van der Waals surface area (Å²) in [6.07, 6.45) is 3.60. The summed E-state index contributed by atoms with van der Waals surface area (Å²) in [4.78, 5) is 15.0. The number of hydrogen-bond acceptors (Lipinski definition) is 3. The number of aromatic amines is 1. The van der Waals surface area contributed by atoms with Crippen LogP contribution in [0.15, 0.2) is 85.2 Å². The third-order valence-electron chi connectivity index (χ3n) is 4.03. The van der Waals surface area contributed by atoms with Gasteiger partial charge in [0.15, 0.2) is 0 Å². The van der Waals surface area contributed by atoms with Crippen LogP contribution in [0.5, 0.6) is 0 Å². The van der Waals surface area contributed by atoms with E-state index in [1.165, 1.54) is 0 Å². The molecule has 0 radical (unpaired) electrons. The number of hydrogen-bond donors (Lipinski definition) is 1. The number of H-pyrrole nitrogens is 1. The molecule has 1 N–H and O–H groups in total. The van der Waals surface area contributed by atoms with Gasteiger partial charge in [0, 0.05) is 23.5 Å². The highest BCUT2D eigenvalue weighted by molar-refractivity contribution is 5.87. The van der Waals surface area contributed by atoms with Crippen LogP contribution < -0.4 is 0 Å². The maximum atomic E-state index is 12.1. The lowest BCUT2D eigenvalue weighted by Crippen LogP contribution is -2.05. The van der Waals surface area contributed by atoms with Crippen LogP contribution >= 0.6 is 0 Å². The standard InChI is InChI=1S/C21H17N3O2/c25-21(19-12-7-13-22-19)26-15-17-14-24(18-10-5-2-6-11-18)23-20(17)16-8-3-1-4-9-16/h1-14,22H,15H2. The van der Waals surface area contributed by atoms with Crippen molar-refractivity contribution in [3.05, 3.63) is 96.4 Å². The van der Waals surface area contributed by atoms with Gasteiger partial charge in [-0.25, -0.2) is 9.48 Å². The van der Waals surface area contributed by atoms with Crippen LogP contribution in [-0.2, 0) is 11.3 Å². The Bertz CT molecular complexity index is 990. The Hall–Kier alpha value is -3.60. The quantitative estimate of drug-likeness (QED) is 0.552. The van der Waals surface area contributed by atoms with E-state index in [-0.39, 0.29) is 12.6 Å². The van der Waals surface area contributed by atoms with Crippen LogP contribution in [0.2, 0.25) is 0 Å². The molecule has 128 valence electrons. The molecule has 0 aliphatic rings. The predicted octanol–water partition coefficient (Wildman–Crippen LogP) is 4.22. The van der Waals surface area contributed by atoms with Gasteiger partial charge in [-0.15, -0.1) is 0 Å². The molecular formula is C21H17N3O2. The summed E-state index contributed by atoms with van der Waals surface area (Å²) in [6, 6.07) is 23.2. The van der Waals surface area contributed by atoms with Crippen molar-refractivity contribution in [2.24, 2.45) is 0 Å². The summed E-state index contributed by atoms with van der Waals surface area (Å²) in [5.74, 6) is -0.388. The lowest BCUT2D eigenvalue weighted by molar-refractivity contribution is 0.0467. The summed E-state index contributed by atoms with van der Waals surface area (Å²) in [7, 11) is 0. The first kappa shape index (κ1) is 15.9. The Morgan fingerprint density at radius 1 is 0.962 bits per heavy atom. The summed E-state index contributed by atoms with van der Waals surface area (Å²) in [6.45, 7) is 0.148. The SMILES string of the molecule is O=C(OCc1cn(-c2ccccc2)nc1-c1ccccc1)c1ccc[nH]1. The second kappa shape index (κ2) is 7.11. The molecule has 4 rings (SSSR count). The maximum absolute atomic E-state index is 12.1. The first-order chi connectivity index (χ1) is 12.8. The van der Waals surface area contributed by atoms with E-state index in [2.05, 4.69) is 4.98 Å². The molecule has 2 aromatic heterocycles. The fourth-order valence-electron chi connectivity index (χ4n) is 2.75. The molecular weight excluding hydrogens is 326 g/mol. The van der Waals surface area contributed by atoms with Gasteiger partial charge in [0.05, 0.1) is 11.4 Å². The average Bonchev–Trinajstić information content (AvgIpc) is 3.38. The predicted molar refractivity (Wildman–Crippen MR) is 98.9 cm³/mol. The number of aromatic nitrogens is 3. The number of carbonyl (C=O) groups excluding carboxylic acids is 1. The second-order valence-corrected chi connectivity index (χ2v) is 5.81. The van der Waals surface area contributed by atoms with Crippen molar-refractivity contribution in [3.8, 4) is 16.9 Å². The molecule has 5 heteroatoms. The lowest BCUT2D eigenvalue weighted by Gasteiger charge is -2.04. The summed E-state index contributed by atoms with van der Waals surface area (Å²) in [5.41, 5.74) is 4.01. The van der Waals surface area contributed by atoms with Crippen molar-refractivity contribution >= 4 is 5.97 Å². The first-order valence-corrected chi connectivity index (χ1v) is 8.31. The number of esters is 1. The first-order valence-electron chi connectivity index (χ1n) is 8.31. The highest BCUT2D eigenvalue weighted by atomic mass is 16.5. The Morgan fingerprint density at radius 3 is 2.38 bits per heavy atom. The molecule has 0 aliphatic heterocycles. The van der Waals surface area contributed by atoms with E-state index in [4.69, 9.17) is 9.84 Å². The molecule has 4 aromatic rings. The molecule has 0 saturated carbocycles. The number of rotatable bonds is 5. The van der Waals surface area contributed by atoms with Crippen LogP contribution in [0.1, 0.15) is 16.1 Å². The van der Waals surface area contributed by atoms with E-state index in [0.717, 1.165) is 22.5 Å². The number of para-hydroxylation sites is 1. The Balaban J connectivity index is 1.65. The fraction of sp³-hybridized carbons (Fsp3) is 0.0476. The van der Waals surface area contributed by atoms with Gasteiger partial charge in [-0.2, -0.15) is 5.10 Å². The molecule has 0 amide bonds. The number of carbonyl (C=O) groups is 1. The van der Waals surface area contributed by atoms with Gasteiger partial charge >= 0.3 is 5.97 Å². The molecule has 0 aliphatic carbocycles. The normalized spacial score (nSPS) is 10.6. The fourth-order valence-corrected chi connectivity index (χ4v) is 2.75. The summed E-state index contributed by atoms with van der Waals surface area (Å²) in [5, 5.41) is 4.71. The summed E-state index contributed by atoms with van der Waals surface area (Å²) >= 11 is 0. The highest BCUT2D eigenvalue weighted by Gasteiger charge is 2.15. The third kappa shape index (κ3) is 3.28. The number of ether oxygens (including phenoxy) is 1. The van der Waals surface area contributed by atoms with Gasteiger partial charge in [0.1, 0.15) is 12.3 Å². The molecule has 0 unspecified atom stereocenters. The Morgan fingerprint density at radius 2 is 1.69 bits per heavy atom. The zero-order valence-electron chi connectivity index (χ0n) is 14.0. The molecule has 0 atom stereocenters. The maximum Gasteiger partial charge on any atom is 0.355 e. The van der Waals surface area contributed by atoms with Crippen LogP contribution in [0.3, 0.4) is 0 Å². The molecule has 2 aromatic carbocycles. The number of benzene rings is 2. The van der Waals surface area contributed by atoms with Gasteiger partial charge < -0.3 is 9.72 Å². The van der Waals surface area contributed by atoms with Gasteiger partial charge in [-0.3, -0.25) is 0 Å². The number of nitrogens with one attached hydrogen (secondary N) is 1. The van der Waals surface area contributed by atoms with Gasteiger partial charge in [0.2, 0.25) is 0 Å². The third-order valence-corrected chi connectivity index (χ3v) is 4.03. The molecule has 0 spiro atoms. The van der Waals surface area contributed by atoms with Crippen LogP contribution in [0.25, 0.3) is 16.9 Å². The minimum atomic E-state index is -0.388. The monoisotopic (exact) mass is 343 g/mol. The minimum absolute atomic E-state index is 0.148. The van der Waals surface area contributed by atoms with Crippen molar-refractivity contribution < 1.29 is 9.53 Å². The molecule has 0 saturated heterocycles. The molecule has 2 heterocycles. The minimum Gasteiger partial charge on any atom is -0.456 e. The van der Waals surface area contributed by atoms with Crippen LogP contribution in [0, 0.1) is 0 Å². The summed E-state index contributed by atoms with van der Waals surface area (Å²) < 4.78 is 7.27. The zero-order chi connectivity index (χ0) is 17.8. The van der Waals surface area contributed by atoms with Crippen molar-refractivity contribution in [2.45, 2.75) is 6.61 Å². The van der Waals surface area contributed by atoms with Crippen molar-refractivity contribution in [2.75, 3.05) is 0 Å². The molecule has 0 fully saturated rings. The second-order valence-electron chi connectivity index (χ2n) is 5.81. The molecule has 5 nitrogen and oxygen atoms in total. The van der Waals surface area contributed by atoms with Gasteiger partial charge in [0.25, 0.3) is 0 Å². The van der Waals surface area contributed by atoms with Crippen molar-refractivity contribution in [3.63, 3.8) is 0 Å². The average molecular weight is 343 g/mol. The Kier molecular flexibility index (Phi) is 4.35. The largest absolute Gasteiger partial charge is 0.456 e. The van der Waals surface area contributed by atoms with Gasteiger partial charge in [-0.05, 0) is 24.3 Å². The molecule has 0 bridgehead atoms. The van der Waals surface area contributed by atoms with Crippen LogP contribution in [-0.4, -0.2) is 20.7 Å². The van der Waals surface area contributed by atoms with E-state index in [9.17, 15) is 4.79 Å². The highest BCUT2D eigenvalue weighted by Crippen LogP contribution is 2.24. The molecule has 26 heavy (non-hydrogen) atoms. The number of nitrogens with zero attached hydrogens (tertiary/aromatic N) is 2. The van der Waals surface area contributed by atoms with Crippen LogP contribution in [0.4, 0.5) is 0 Å². The van der Waals surface area contributed by atoms with Gasteiger partial charge in [-0.1, -0.05) is 48.5 Å². The Labute approximate surface area is 150 Å². The van der Waals surface area contributed by atoms with E-state index in [0.29, 0.717) is 5.69 Å². The van der Waals surface area contributed by atoms with E-state index < -0.39 is 0 Å².